The molecule has 4 nitrogen and oxygen atoms in total. The lowest BCUT2D eigenvalue weighted by molar-refractivity contribution is -0.0715. The molecule has 0 amide bonds. The van der Waals surface area contributed by atoms with Crippen molar-refractivity contribution in [1.82, 2.24) is 15.3 Å². The van der Waals surface area contributed by atoms with E-state index in [1.54, 1.807) is 0 Å². The molecule has 1 spiro atoms. The van der Waals surface area contributed by atoms with E-state index in [0.717, 1.165) is 22.7 Å². The van der Waals surface area contributed by atoms with Gasteiger partial charge >= 0.3 is 6.01 Å². The normalized spacial score (nSPS) is 20.8. The molecule has 0 aliphatic heterocycles. The second-order valence-corrected chi connectivity index (χ2v) is 6.68. The van der Waals surface area contributed by atoms with Gasteiger partial charge in [-0.25, -0.2) is 4.98 Å². The first kappa shape index (κ1) is 14.7. The van der Waals surface area contributed by atoms with E-state index in [0.29, 0.717) is 17.5 Å². The average molecular weight is 305 g/mol. The lowest BCUT2D eigenvalue weighted by Gasteiger charge is -2.53. The number of nitrogens with zero attached hydrogens (tertiary/aromatic N) is 2. The van der Waals surface area contributed by atoms with Gasteiger partial charge in [0, 0.05) is 23.8 Å². The van der Waals surface area contributed by atoms with E-state index in [-0.39, 0.29) is 0 Å². The Kier molecular flexibility index (Phi) is 4.11. The zero-order valence-electron chi connectivity index (χ0n) is 12.7. The number of thiol groups is 1. The molecule has 5 heteroatoms. The van der Waals surface area contributed by atoms with Crippen LogP contribution in [0.2, 0.25) is 0 Å². The second-order valence-electron chi connectivity index (χ2n) is 6.20. The Bertz CT molecular complexity index is 546. The summed E-state index contributed by atoms with van der Waals surface area (Å²) in [5, 5.41) is 2.97. The zero-order valence-corrected chi connectivity index (χ0v) is 13.6. The molecule has 2 saturated carbocycles. The van der Waals surface area contributed by atoms with Crippen LogP contribution in [0.15, 0.2) is 12.3 Å². The van der Waals surface area contributed by atoms with E-state index in [4.69, 9.17) is 4.74 Å². The first-order chi connectivity index (χ1) is 10.1. The molecule has 1 heterocycles. The van der Waals surface area contributed by atoms with Crippen molar-refractivity contribution in [2.75, 3.05) is 7.05 Å². The van der Waals surface area contributed by atoms with E-state index in [1.165, 1.54) is 32.1 Å². The highest BCUT2D eigenvalue weighted by atomic mass is 32.1. The van der Waals surface area contributed by atoms with Crippen LogP contribution in [0.3, 0.4) is 0 Å². The maximum atomic E-state index is 5.99. The highest BCUT2D eigenvalue weighted by Crippen LogP contribution is 2.56. The van der Waals surface area contributed by atoms with Gasteiger partial charge in [-0.1, -0.05) is 13.3 Å². The smallest absolute Gasteiger partial charge is 0.317 e. The first-order valence-corrected chi connectivity index (χ1v) is 8.20. The molecular weight excluding hydrogens is 282 g/mol. The summed E-state index contributed by atoms with van der Waals surface area (Å²) < 4.78 is 5.99. The second kappa shape index (κ2) is 5.87. The topological polar surface area (TPSA) is 47.0 Å². The van der Waals surface area contributed by atoms with Gasteiger partial charge in [0.25, 0.3) is 0 Å². The Hall–Kier alpha value is -1.23. The number of aryl methyl sites for hydroxylation is 1. The van der Waals surface area contributed by atoms with Gasteiger partial charge in [0.2, 0.25) is 0 Å². The molecule has 0 radical (unpaired) electrons. The van der Waals surface area contributed by atoms with Crippen molar-refractivity contribution in [2.45, 2.75) is 51.6 Å². The maximum Gasteiger partial charge on any atom is 0.317 e. The fourth-order valence-corrected chi connectivity index (χ4v) is 3.52. The van der Waals surface area contributed by atoms with E-state index in [9.17, 15) is 0 Å². The van der Waals surface area contributed by atoms with Crippen molar-refractivity contribution in [3.8, 4) is 6.01 Å². The van der Waals surface area contributed by atoms with Crippen molar-refractivity contribution in [1.29, 1.82) is 0 Å². The Morgan fingerprint density at radius 1 is 1.48 bits per heavy atom. The van der Waals surface area contributed by atoms with Gasteiger partial charge in [0.1, 0.15) is 6.10 Å². The Morgan fingerprint density at radius 3 is 2.81 bits per heavy atom. The predicted octanol–water partition coefficient (Wildman–Crippen LogP) is 3.20. The summed E-state index contributed by atoms with van der Waals surface area (Å²) in [6, 6.07) is 2.47. The minimum atomic E-state index is 0.293. The van der Waals surface area contributed by atoms with Crippen LogP contribution in [-0.2, 0) is 6.42 Å². The number of rotatable bonds is 5. The third kappa shape index (κ3) is 3.03. The van der Waals surface area contributed by atoms with Crippen molar-refractivity contribution < 1.29 is 4.74 Å². The number of ether oxygens (including phenoxy) is 1. The molecule has 1 aromatic heterocycles. The van der Waals surface area contributed by atoms with Crippen LogP contribution in [0.1, 0.15) is 50.4 Å². The van der Waals surface area contributed by atoms with Crippen molar-refractivity contribution in [2.24, 2.45) is 5.41 Å². The van der Waals surface area contributed by atoms with Crippen LogP contribution in [0.25, 0.3) is 4.91 Å². The Balaban J connectivity index is 1.72. The van der Waals surface area contributed by atoms with Gasteiger partial charge in [0.05, 0.1) is 5.69 Å². The van der Waals surface area contributed by atoms with Crippen LogP contribution in [-0.4, -0.2) is 23.1 Å². The third-order valence-corrected chi connectivity index (χ3v) is 5.03. The van der Waals surface area contributed by atoms with Crippen LogP contribution < -0.4 is 10.1 Å². The van der Waals surface area contributed by atoms with Crippen molar-refractivity contribution >= 4 is 17.5 Å². The number of nitrogens with one attached hydrogen (secondary N) is 1. The average Bonchev–Trinajstić information content (AvgIpc) is 2.40. The molecule has 0 bridgehead atoms. The fraction of sp³-hybridized carbons (Fsp3) is 0.625. The van der Waals surface area contributed by atoms with Gasteiger partial charge < -0.3 is 10.1 Å². The van der Waals surface area contributed by atoms with Crippen LogP contribution in [0.5, 0.6) is 6.01 Å². The summed E-state index contributed by atoms with van der Waals surface area (Å²) in [7, 11) is 1.85. The lowest BCUT2D eigenvalue weighted by Crippen LogP contribution is -2.48. The first-order valence-electron chi connectivity index (χ1n) is 7.75. The summed E-state index contributed by atoms with van der Waals surface area (Å²) in [5.41, 5.74) is 2.41. The fourth-order valence-electron chi connectivity index (χ4n) is 3.27. The standard InChI is InChI=1S/C16H23N3OS/c1-3-11-7-13(14(21)10-17-2)19-15(18-11)20-12-8-16(9-12)5-4-6-16/h7,10,12,17,21H,3-6,8-9H2,1-2H3/b14-10-. The van der Waals surface area contributed by atoms with Gasteiger partial charge in [-0.05, 0) is 43.6 Å². The van der Waals surface area contributed by atoms with Crippen molar-refractivity contribution in [3.63, 3.8) is 0 Å². The van der Waals surface area contributed by atoms with E-state index in [1.807, 2.05) is 19.3 Å². The van der Waals surface area contributed by atoms with Crippen LogP contribution >= 0.6 is 12.6 Å². The highest BCUT2D eigenvalue weighted by Gasteiger charge is 2.49. The predicted molar refractivity (Wildman–Crippen MR) is 87.4 cm³/mol. The minimum Gasteiger partial charge on any atom is -0.460 e. The molecule has 3 rings (SSSR count). The molecule has 114 valence electrons. The summed E-state index contributed by atoms with van der Waals surface area (Å²) in [6.07, 6.45) is 9.45. The van der Waals surface area contributed by atoms with E-state index < -0.39 is 0 Å². The minimum absolute atomic E-state index is 0.293. The number of hydrogen-bond donors (Lipinski definition) is 2. The molecule has 2 aliphatic rings. The molecule has 0 unspecified atom stereocenters. The largest absolute Gasteiger partial charge is 0.460 e. The molecule has 21 heavy (non-hydrogen) atoms. The third-order valence-electron chi connectivity index (χ3n) is 4.67. The summed E-state index contributed by atoms with van der Waals surface area (Å²) in [5.74, 6) is 0. The zero-order chi connectivity index (χ0) is 14.9. The van der Waals surface area contributed by atoms with Crippen LogP contribution in [0, 0.1) is 5.41 Å². The summed E-state index contributed by atoms with van der Waals surface area (Å²) >= 11 is 4.47. The molecule has 2 fully saturated rings. The molecule has 1 aromatic rings. The summed E-state index contributed by atoms with van der Waals surface area (Å²) in [6.45, 7) is 2.09. The molecule has 1 N–H and O–H groups in total. The monoisotopic (exact) mass is 305 g/mol. The molecule has 0 aromatic carbocycles. The van der Waals surface area contributed by atoms with E-state index in [2.05, 4.69) is 34.8 Å². The quantitative estimate of drug-likeness (QED) is 0.820. The molecule has 0 saturated heterocycles. The maximum absolute atomic E-state index is 5.99. The molecule has 2 aliphatic carbocycles. The number of aromatic nitrogens is 2. The molecular formula is C16H23N3OS. The summed E-state index contributed by atoms with van der Waals surface area (Å²) in [4.78, 5) is 9.78. The lowest BCUT2D eigenvalue weighted by atomic mass is 9.55. The van der Waals surface area contributed by atoms with Gasteiger partial charge in [-0.2, -0.15) is 4.98 Å². The molecule has 0 atom stereocenters. The van der Waals surface area contributed by atoms with E-state index >= 15 is 0 Å². The van der Waals surface area contributed by atoms with Gasteiger partial charge in [0.15, 0.2) is 0 Å². The van der Waals surface area contributed by atoms with Crippen LogP contribution in [0.4, 0.5) is 0 Å². The van der Waals surface area contributed by atoms with Gasteiger partial charge in [-0.15, -0.1) is 12.6 Å². The Morgan fingerprint density at radius 2 is 2.24 bits per heavy atom. The Labute approximate surface area is 131 Å². The number of hydrogen-bond acceptors (Lipinski definition) is 5. The highest BCUT2D eigenvalue weighted by molar-refractivity contribution is 7.90. The van der Waals surface area contributed by atoms with Crippen molar-refractivity contribution in [3.05, 3.63) is 23.7 Å². The SMILES string of the molecule is CCc1cc(/C(S)=C/NC)nc(OC2CC3(CCC3)C2)n1. The van der Waals surface area contributed by atoms with Gasteiger partial charge in [-0.3, -0.25) is 0 Å².